The summed E-state index contributed by atoms with van der Waals surface area (Å²) in [5.74, 6) is -0.356. The number of carbonyl (C=O) groups excluding carboxylic acids is 1. The zero-order valence-electron chi connectivity index (χ0n) is 23.9. The molecule has 0 saturated carbocycles. The first kappa shape index (κ1) is 28.3. The number of hydrogen-bond acceptors (Lipinski definition) is 5. The number of aromatic nitrogens is 2. The van der Waals surface area contributed by atoms with Crippen molar-refractivity contribution in [2.24, 2.45) is 7.05 Å². The van der Waals surface area contributed by atoms with Crippen LogP contribution >= 0.6 is 11.6 Å². The van der Waals surface area contributed by atoms with Gasteiger partial charge >= 0.3 is 0 Å². The molecular weight excluding hydrogens is 589 g/mol. The molecule has 4 aromatic rings. The van der Waals surface area contributed by atoms with Crippen LogP contribution in [0, 0.1) is 5.82 Å². The topological polar surface area (TPSA) is 78.8 Å². The van der Waals surface area contributed by atoms with Crippen LogP contribution in [-0.2, 0) is 17.1 Å². The Kier molecular flexibility index (Phi) is 7.18. The third-order valence-electron chi connectivity index (χ3n) is 9.34. The highest BCUT2D eigenvalue weighted by Crippen LogP contribution is 2.41. The van der Waals surface area contributed by atoms with Crippen molar-refractivity contribution in [1.29, 1.82) is 0 Å². The maximum atomic E-state index is 14.0. The van der Waals surface area contributed by atoms with Crippen molar-refractivity contribution in [3.8, 4) is 0 Å². The number of likely N-dealkylation sites (tertiary alicyclic amines) is 1. The first-order chi connectivity index (χ1) is 20.7. The molecular formula is C32H33ClFN5O3S. The van der Waals surface area contributed by atoms with Gasteiger partial charge < -0.3 is 14.4 Å². The average molecular weight is 622 g/mol. The number of imidazole rings is 1. The lowest BCUT2D eigenvalue weighted by atomic mass is 9.90. The van der Waals surface area contributed by atoms with E-state index in [1.165, 1.54) is 17.7 Å². The molecule has 43 heavy (non-hydrogen) atoms. The Morgan fingerprint density at radius 2 is 1.65 bits per heavy atom. The predicted molar refractivity (Wildman–Crippen MR) is 164 cm³/mol. The Hall–Kier alpha value is -3.47. The monoisotopic (exact) mass is 621 g/mol. The van der Waals surface area contributed by atoms with Crippen LogP contribution in [0.1, 0.15) is 47.5 Å². The molecule has 3 saturated heterocycles. The highest BCUT2D eigenvalue weighted by atomic mass is 35.5. The number of fused-ring (bicyclic) bond motifs is 3. The van der Waals surface area contributed by atoms with Gasteiger partial charge in [-0.1, -0.05) is 41.9 Å². The molecule has 0 aliphatic carbocycles. The van der Waals surface area contributed by atoms with E-state index in [2.05, 4.69) is 22.0 Å². The Morgan fingerprint density at radius 3 is 2.33 bits per heavy atom. The molecule has 0 spiro atoms. The second-order valence-electron chi connectivity index (χ2n) is 11.9. The minimum Gasteiger partial charge on any atom is -0.360 e. The number of amides is 1. The standard InChI is InChI=1S/C32H33ClFN5O3S/c1-36-20-35-29-16-26(43(41,42)38-13-11-22(12-14-38)21-5-3-2-4-6-21)17-30(31(29)36)39-24-8-9-25(39)19-37(18-24)32(40)27-10-7-23(34)15-28(27)33/h2-7,10,15-17,20,22,24-25H,8-9,11-14,18-19H2,1H3/t24-,25+. The Morgan fingerprint density at radius 1 is 0.953 bits per heavy atom. The Balaban J connectivity index is 1.17. The summed E-state index contributed by atoms with van der Waals surface area (Å²) in [5.41, 5.74) is 3.88. The van der Waals surface area contributed by atoms with Crippen LogP contribution in [0.3, 0.4) is 0 Å². The SMILES string of the molecule is Cn1cnc2cc(S(=O)(=O)N3CCC(c4ccccc4)CC3)cc(N3[C@@H]4CC[C@H]3CN(C(=O)c3ccc(F)cc3Cl)C4)c21. The molecule has 8 nitrogen and oxygen atoms in total. The van der Waals surface area contributed by atoms with Crippen LogP contribution in [0.4, 0.5) is 10.1 Å². The average Bonchev–Trinajstić information content (AvgIpc) is 3.52. The normalized spacial score (nSPS) is 21.6. The zero-order valence-corrected chi connectivity index (χ0v) is 25.4. The van der Waals surface area contributed by atoms with Crippen LogP contribution in [0.15, 0.2) is 71.9 Å². The van der Waals surface area contributed by atoms with Crippen molar-refractivity contribution in [3.63, 3.8) is 0 Å². The molecule has 4 heterocycles. The van der Waals surface area contributed by atoms with E-state index in [4.69, 9.17) is 11.6 Å². The van der Waals surface area contributed by atoms with Gasteiger partial charge in [-0.15, -0.1) is 0 Å². The summed E-state index contributed by atoms with van der Waals surface area (Å²) in [6.45, 7) is 1.86. The molecule has 1 aromatic heterocycles. The summed E-state index contributed by atoms with van der Waals surface area (Å²) >= 11 is 6.22. The quantitative estimate of drug-likeness (QED) is 0.297. The Bertz CT molecular complexity index is 1790. The number of benzene rings is 3. The summed E-state index contributed by atoms with van der Waals surface area (Å²) in [4.78, 5) is 22.3. The number of sulfonamides is 1. The lowest BCUT2D eigenvalue weighted by Gasteiger charge is -2.43. The van der Waals surface area contributed by atoms with Crippen LogP contribution in [0.5, 0.6) is 0 Å². The van der Waals surface area contributed by atoms with Crippen LogP contribution < -0.4 is 4.90 Å². The fourth-order valence-electron chi connectivity index (χ4n) is 7.19. The minimum absolute atomic E-state index is 0.000375. The van der Waals surface area contributed by atoms with Gasteiger partial charge in [0.15, 0.2) is 0 Å². The minimum atomic E-state index is -3.75. The van der Waals surface area contributed by atoms with Gasteiger partial charge in [-0.25, -0.2) is 17.8 Å². The molecule has 3 aromatic carbocycles. The number of piperidine rings is 1. The fourth-order valence-corrected chi connectivity index (χ4v) is 8.95. The smallest absolute Gasteiger partial charge is 0.255 e. The Labute approximate surface area is 255 Å². The lowest BCUT2D eigenvalue weighted by molar-refractivity contribution is 0.0718. The number of piperazine rings is 1. The van der Waals surface area contributed by atoms with Gasteiger partial charge in [0.1, 0.15) is 5.82 Å². The van der Waals surface area contributed by atoms with Crippen molar-refractivity contribution in [3.05, 3.63) is 89.0 Å². The van der Waals surface area contributed by atoms with Gasteiger partial charge in [0, 0.05) is 45.3 Å². The van der Waals surface area contributed by atoms with Crippen LogP contribution in [0.2, 0.25) is 5.02 Å². The number of aryl methyl sites for hydroxylation is 1. The van der Waals surface area contributed by atoms with Gasteiger partial charge in [0.25, 0.3) is 5.91 Å². The molecule has 1 amide bonds. The van der Waals surface area contributed by atoms with Crippen LogP contribution in [-0.4, -0.2) is 71.3 Å². The number of rotatable bonds is 5. The number of nitrogens with zero attached hydrogens (tertiary/aromatic N) is 5. The summed E-state index contributed by atoms with van der Waals surface area (Å²) in [6, 6.07) is 17.6. The predicted octanol–water partition coefficient (Wildman–Crippen LogP) is 5.43. The van der Waals surface area contributed by atoms with E-state index in [0.717, 1.165) is 43.0 Å². The second kappa shape index (κ2) is 10.9. The van der Waals surface area contributed by atoms with Crippen molar-refractivity contribution < 1.29 is 17.6 Å². The number of hydrogen-bond donors (Lipinski definition) is 0. The number of carbonyl (C=O) groups is 1. The van der Waals surface area contributed by atoms with Gasteiger partial charge in [-0.05, 0) is 67.5 Å². The van der Waals surface area contributed by atoms with Crippen molar-refractivity contribution in [2.75, 3.05) is 31.1 Å². The van der Waals surface area contributed by atoms with Crippen molar-refractivity contribution >= 4 is 44.3 Å². The van der Waals surface area contributed by atoms with E-state index < -0.39 is 15.8 Å². The van der Waals surface area contributed by atoms with E-state index in [1.54, 1.807) is 21.6 Å². The van der Waals surface area contributed by atoms with E-state index in [9.17, 15) is 17.6 Å². The van der Waals surface area contributed by atoms with Gasteiger partial charge in [0.2, 0.25) is 10.0 Å². The van der Waals surface area contributed by atoms with E-state index in [-0.39, 0.29) is 33.5 Å². The molecule has 0 radical (unpaired) electrons. The van der Waals surface area contributed by atoms with Crippen molar-refractivity contribution in [1.82, 2.24) is 18.8 Å². The second-order valence-corrected chi connectivity index (χ2v) is 14.2. The molecule has 7 rings (SSSR count). The highest BCUT2D eigenvalue weighted by molar-refractivity contribution is 7.89. The van der Waals surface area contributed by atoms with Gasteiger partial charge in [-0.2, -0.15) is 4.31 Å². The molecule has 3 aliphatic heterocycles. The third kappa shape index (κ3) is 4.99. The molecule has 0 unspecified atom stereocenters. The van der Waals surface area contributed by atoms with Crippen LogP contribution in [0.25, 0.3) is 11.0 Å². The molecule has 2 bridgehead atoms. The maximum absolute atomic E-state index is 14.0. The van der Waals surface area contributed by atoms with E-state index in [0.29, 0.717) is 37.6 Å². The summed E-state index contributed by atoms with van der Waals surface area (Å²) in [5, 5.41) is 0.0991. The van der Waals surface area contributed by atoms with E-state index >= 15 is 0 Å². The number of anilines is 1. The molecule has 11 heteroatoms. The first-order valence-corrected chi connectivity index (χ1v) is 16.6. The highest BCUT2D eigenvalue weighted by Gasteiger charge is 2.43. The number of halogens is 2. The summed E-state index contributed by atoms with van der Waals surface area (Å²) in [6.07, 6.45) is 5.01. The van der Waals surface area contributed by atoms with E-state index in [1.807, 2.05) is 35.9 Å². The molecule has 3 aliphatic rings. The summed E-state index contributed by atoms with van der Waals surface area (Å²) in [7, 11) is -1.83. The molecule has 3 fully saturated rings. The largest absolute Gasteiger partial charge is 0.360 e. The maximum Gasteiger partial charge on any atom is 0.255 e. The van der Waals surface area contributed by atoms with Gasteiger partial charge in [0.05, 0.1) is 38.5 Å². The first-order valence-electron chi connectivity index (χ1n) is 14.7. The summed E-state index contributed by atoms with van der Waals surface area (Å²) < 4.78 is 45.2. The molecule has 224 valence electrons. The third-order valence-corrected chi connectivity index (χ3v) is 11.5. The van der Waals surface area contributed by atoms with Gasteiger partial charge in [-0.3, -0.25) is 4.79 Å². The van der Waals surface area contributed by atoms with Crippen molar-refractivity contribution in [2.45, 2.75) is 48.6 Å². The molecule has 0 N–H and O–H groups in total. The molecule has 2 atom stereocenters. The lowest BCUT2D eigenvalue weighted by Crippen LogP contribution is -2.55. The zero-order chi connectivity index (χ0) is 29.9. The fraction of sp³-hybridized carbons (Fsp3) is 0.375.